The molecule has 0 bridgehead atoms. The Morgan fingerprint density at radius 1 is 1.13 bits per heavy atom. The fraction of sp³-hybridized carbons (Fsp3) is 0.261. The average molecular weight is 406 g/mol. The number of fused-ring (bicyclic) bond motifs is 1. The third kappa shape index (κ3) is 4.51. The molecule has 4 rings (SSSR count). The largest absolute Gasteiger partial charge is 0.465 e. The summed E-state index contributed by atoms with van der Waals surface area (Å²) in [5.41, 5.74) is -0.184. The Bertz CT molecular complexity index is 1120. The summed E-state index contributed by atoms with van der Waals surface area (Å²) in [6.07, 6.45) is 6.30. The Hall–Kier alpha value is -3.61. The van der Waals surface area contributed by atoms with Crippen LogP contribution in [0.5, 0.6) is 0 Å². The minimum atomic E-state index is -0.644. The van der Waals surface area contributed by atoms with Gasteiger partial charge < -0.3 is 19.1 Å². The number of para-hydroxylation sites is 1. The van der Waals surface area contributed by atoms with E-state index < -0.39 is 11.5 Å². The molecule has 30 heavy (non-hydrogen) atoms. The Balaban J connectivity index is 1.28. The molecule has 2 amide bonds. The summed E-state index contributed by atoms with van der Waals surface area (Å²) in [4.78, 5) is 38.6. The molecule has 7 nitrogen and oxygen atoms in total. The van der Waals surface area contributed by atoms with E-state index in [1.807, 2.05) is 6.07 Å². The molecule has 1 fully saturated rings. The lowest BCUT2D eigenvalue weighted by Gasteiger charge is -2.31. The van der Waals surface area contributed by atoms with Crippen molar-refractivity contribution >= 4 is 28.9 Å². The van der Waals surface area contributed by atoms with E-state index in [1.54, 1.807) is 53.6 Å². The third-order valence-electron chi connectivity index (χ3n) is 5.30. The molecule has 0 radical (unpaired) electrons. The van der Waals surface area contributed by atoms with Crippen LogP contribution in [-0.4, -0.2) is 36.3 Å². The molecule has 1 N–H and O–H groups in total. The van der Waals surface area contributed by atoms with Crippen molar-refractivity contribution in [3.05, 3.63) is 76.5 Å². The van der Waals surface area contributed by atoms with E-state index in [0.29, 0.717) is 36.4 Å². The predicted octanol–water partition coefficient (Wildman–Crippen LogP) is 3.07. The number of furan rings is 1. The van der Waals surface area contributed by atoms with Crippen LogP contribution in [0.1, 0.15) is 29.0 Å². The summed E-state index contributed by atoms with van der Waals surface area (Å²) >= 11 is 0. The molecule has 0 saturated carbocycles. The number of carbonyl (C=O) groups excluding carboxylic acids is 2. The van der Waals surface area contributed by atoms with Crippen molar-refractivity contribution in [2.75, 3.05) is 19.6 Å². The fourth-order valence-corrected chi connectivity index (χ4v) is 3.55. The van der Waals surface area contributed by atoms with Gasteiger partial charge in [0.05, 0.1) is 6.26 Å². The quantitative estimate of drug-likeness (QED) is 0.519. The zero-order valence-corrected chi connectivity index (χ0v) is 16.4. The van der Waals surface area contributed by atoms with E-state index in [-0.39, 0.29) is 17.4 Å². The van der Waals surface area contributed by atoms with E-state index in [9.17, 15) is 14.4 Å². The van der Waals surface area contributed by atoms with Crippen LogP contribution in [0.4, 0.5) is 0 Å². The average Bonchev–Trinajstić information content (AvgIpc) is 3.29. The normalized spacial score (nSPS) is 15.0. The van der Waals surface area contributed by atoms with Crippen molar-refractivity contribution in [3.63, 3.8) is 0 Å². The Kier molecular flexibility index (Phi) is 5.79. The van der Waals surface area contributed by atoms with Gasteiger partial charge in [-0.3, -0.25) is 9.59 Å². The number of likely N-dealkylation sites (tertiary alicyclic amines) is 1. The van der Waals surface area contributed by atoms with Gasteiger partial charge in [0.25, 0.3) is 5.91 Å². The lowest BCUT2D eigenvalue weighted by atomic mass is 9.96. The lowest BCUT2D eigenvalue weighted by Crippen LogP contribution is -2.41. The first-order valence-corrected chi connectivity index (χ1v) is 9.92. The molecule has 1 saturated heterocycles. The van der Waals surface area contributed by atoms with Gasteiger partial charge in [-0.15, -0.1) is 0 Å². The Morgan fingerprint density at radius 3 is 2.70 bits per heavy atom. The van der Waals surface area contributed by atoms with E-state index in [2.05, 4.69) is 5.32 Å². The molecule has 2 aromatic heterocycles. The number of nitrogens with one attached hydrogen (secondary N) is 1. The van der Waals surface area contributed by atoms with Crippen molar-refractivity contribution in [2.24, 2.45) is 5.92 Å². The highest BCUT2D eigenvalue weighted by atomic mass is 16.4. The number of benzene rings is 1. The van der Waals surface area contributed by atoms with Crippen LogP contribution < -0.4 is 10.9 Å². The first-order valence-electron chi connectivity index (χ1n) is 9.92. The van der Waals surface area contributed by atoms with E-state index in [4.69, 9.17) is 8.83 Å². The van der Waals surface area contributed by atoms with Gasteiger partial charge >= 0.3 is 5.63 Å². The van der Waals surface area contributed by atoms with Crippen LogP contribution in [0, 0.1) is 5.92 Å². The fourth-order valence-electron chi connectivity index (χ4n) is 3.55. The van der Waals surface area contributed by atoms with Gasteiger partial charge in [0.2, 0.25) is 5.91 Å². The predicted molar refractivity (Wildman–Crippen MR) is 112 cm³/mol. The van der Waals surface area contributed by atoms with Crippen molar-refractivity contribution in [3.8, 4) is 0 Å². The number of rotatable bonds is 5. The van der Waals surface area contributed by atoms with Gasteiger partial charge in [-0.25, -0.2) is 4.79 Å². The van der Waals surface area contributed by atoms with Crippen LogP contribution in [0.15, 0.2) is 68.4 Å². The molecular weight excluding hydrogens is 384 g/mol. The SMILES string of the molecule is O=C(NCC1CCN(C(=O)/C=C/c2ccco2)CC1)c1cc2ccccc2oc1=O. The van der Waals surface area contributed by atoms with Crippen LogP contribution in [0.2, 0.25) is 0 Å². The number of piperidine rings is 1. The molecule has 1 aliphatic heterocycles. The lowest BCUT2D eigenvalue weighted by molar-refractivity contribution is -0.127. The smallest absolute Gasteiger partial charge is 0.349 e. The maximum absolute atomic E-state index is 12.5. The molecule has 154 valence electrons. The molecule has 1 aliphatic rings. The van der Waals surface area contributed by atoms with Crippen LogP contribution >= 0.6 is 0 Å². The van der Waals surface area contributed by atoms with E-state index in [0.717, 1.165) is 12.8 Å². The summed E-state index contributed by atoms with van der Waals surface area (Å²) in [7, 11) is 0. The first-order chi connectivity index (χ1) is 14.6. The van der Waals surface area contributed by atoms with Gasteiger partial charge in [-0.05, 0) is 49.1 Å². The van der Waals surface area contributed by atoms with Crippen LogP contribution in [0.25, 0.3) is 17.0 Å². The molecular formula is C23H22N2O5. The molecule has 0 atom stereocenters. The molecule has 7 heteroatoms. The highest BCUT2D eigenvalue weighted by molar-refractivity contribution is 5.96. The van der Waals surface area contributed by atoms with E-state index >= 15 is 0 Å². The highest BCUT2D eigenvalue weighted by Crippen LogP contribution is 2.18. The minimum absolute atomic E-state index is 0.00405. The van der Waals surface area contributed by atoms with Crippen molar-refractivity contribution < 1.29 is 18.4 Å². The van der Waals surface area contributed by atoms with Gasteiger partial charge in [-0.1, -0.05) is 18.2 Å². The number of hydrogen-bond donors (Lipinski definition) is 1. The molecule has 3 heterocycles. The number of amides is 2. The standard InChI is InChI=1S/C23H22N2O5/c26-21(8-7-18-5-3-13-29-18)25-11-9-16(10-12-25)15-24-22(27)19-14-17-4-1-2-6-20(17)30-23(19)28/h1-8,13-14,16H,9-12,15H2,(H,24,27)/b8-7+. The number of carbonyl (C=O) groups is 2. The zero-order chi connectivity index (χ0) is 20.9. The second kappa shape index (κ2) is 8.82. The monoisotopic (exact) mass is 406 g/mol. The summed E-state index contributed by atoms with van der Waals surface area (Å²) in [6.45, 7) is 1.70. The summed E-state index contributed by atoms with van der Waals surface area (Å²) < 4.78 is 10.4. The minimum Gasteiger partial charge on any atom is -0.465 e. The van der Waals surface area contributed by atoms with Crippen molar-refractivity contribution in [2.45, 2.75) is 12.8 Å². The molecule has 0 aliphatic carbocycles. The van der Waals surface area contributed by atoms with Crippen molar-refractivity contribution in [1.82, 2.24) is 10.2 Å². The topological polar surface area (TPSA) is 92.8 Å². The molecule has 0 spiro atoms. The Morgan fingerprint density at radius 2 is 1.93 bits per heavy atom. The van der Waals surface area contributed by atoms with Crippen molar-refractivity contribution in [1.29, 1.82) is 0 Å². The van der Waals surface area contributed by atoms with Gasteiger partial charge in [0, 0.05) is 31.1 Å². The number of nitrogens with zero attached hydrogens (tertiary/aromatic N) is 1. The Labute approximate surface area is 173 Å². The van der Waals surface area contributed by atoms with Gasteiger partial charge in [0.1, 0.15) is 16.9 Å². The highest BCUT2D eigenvalue weighted by Gasteiger charge is 2.23. The van der Waals surface area contributed by atoms with Gasteiger partial charge in [0.15, 0.2) is 0 Å². The van der Waals surface area contributed by atoms with E-state index in [1.165, 1.54) is 6.08 Å². The second-order valence-corrected chi connectivity index (χ2v) is 7.31. The van der Waals surface area contributed by atoms with Crippen LogP contribution in [0.3, 0.4) is 0 Å². The summed E-state index contributed by atoms with van der Waals surface area (Å²) in [6, 6.07) is 12.2. The second-order valence-electron chi connectivity index (χ2n) is 7.31. The van der Waals surface area contributed by atoms with Gasteiger partial charge in [-0.2, -0.15) is 0 Å². The molecule has 0 unspecified atom stereocenters. The molecule has 3 aromatic rings. The van der Waals surface area contributed by atoms with Crippen LogP contribution in [-0.2, 0) is 4.79 Å². The first kappa shape index (κ1) is 19.7. The molecule has 1 aromatic carbocycles. The number of hydrogen-bond acceptors (Lipinski definition) is 5. The third-order valence-corrected chi connectivity index (χ3v) is 5.30. The maximum Gasteiger partial charge on any atom is 0.349 e. The summed E-state index contributed by atoms with van der Waals surface area (Å²) in [5.74, 6) is 0.399. The summed E-state index contributed by atoms with van der Waals surface area (Å²) in [5, 5.41) is 3.54. The maximum atomic E-state index is 12.5. The zero-order valence-electron chi connectivity index (χ0n) is 16.4.